The van der Waals surface area contributed by atoms with E-state index in [4.69, 9.17) is 4.42 Å². The van der Waals surface area contributed by atoms with Gasteiger partial charge in [0, 0.05) is 43.9 Å². The fourth-order valence-electron chi connectivity index (χ4n) is 4.39. The third kappa shape index (κ3) is 3.56. The van der Waals surface area contributed by atoms with E-state index >= 15 is 0 Å². The fraction of sp³-hybridized carbons (Fsp3) is 0.550. The minimum atomic E-state index is -1.03. The van der Waals surface area contributed by atoms with Crippen LogP contribution in [0.1, 0.15) is 47.3 Å². The van der Waals surface area contributed by atoms with Gasteiger partial charge in [-0.15, -0.1) is 0 Å². The van der Waals surface area contributed by atoms with Crippen LogP contribution in [-0.4, -0.2) is 56.2 Å². The Kier molecular flexibility index (Phi) is 5.21. The summed E-state index contributed by atoms with van der Waals surface area (Å²) in [5, 5.41) is 13.7. The highest BCUT2D eigenvalue weighted by Crippen LogP contribution is 2.27. The Morgan fingerprint density at radius 1 is 1.36 bits per heavy atom. The van der Waals surface area contributed by atoms with Crippen LogP contribution in [0.4, 0.5) is 0 Å². The van der Waals surface area contributed by atoms with E-state index in [0.717, 1.165) is 30.8 Å². The molecule has 1 N–H and O–H groups in total. The summed E-state index contributed by atoms with van der Waals surface area (Å²) in [7, 11) is 0. The number of carbonyl (C=O) groups is 2. The lowest BCUT2D eigenvalue weighted by atomic mass is 9.94. The van der Waals surface area contributed by atoms with Gasteiger partial charge in [-0.2, -0.15) is 5.10 Å². The molecule has 2 aliphatic rings. The van der Waals surface area contributed by atoms with Gasteiger partial charge in [0.25, 0.3) is 0 Å². The Balaban J connectivity index is 1.46. The first-order valence-corrected chi connectivity index (χ1v) is 9.92. The maximum absolute atomic E-state index is 13.2. The minimum Gasteiger partial charge on any atom is -0.476 e. The van der Waals surface area contributed by atoms with Gasteiger partial charge < -0.3 is 14.4 Å². The molecular weight excluding hydrogens is 360 g/mol. The van der Waals surface area contributed by atoms with Crippen LogP contribution in [0.3, 0.4) is 0 Å². The Bertz CT molecular complexity index is 858. The summed E-state index contributed by atoms with van der Waals surface area (Å²) in [6.45, 7) is 5.92. The molecule has 0 spiro atoms. The smallest absolute Gasteiger partial charge is 0.356 e. The van der Waals surface area contributed by atoms with E-state index in [1.165, 1.54) is 0 Å². The number of carboxylic acid groups (broad SMARTS) is 1. The second kappa shape index (κ2) is 7.79. The number of nitrogens with zero attached hydrogens (tertiary/aromatic N) is 4. The van der Waals surface area contributed by atoms with Crippen molar-refractivity contribution in [1.82, 2.24) is 19.6 Å². The number of aryl methyl sites for hydroxylation is 1. The highest BCUT2D eigenvalue weighted by atomic mass is 16.4. The van der Waals surface area contributed by atoms with Crippen LogP contribution in [0.5, 0.6) is 0 Å². The van der Waals surface area contributed by atoms with Crippen LogP contribution < -0.4 is 0 Å². The summed E-state index contributed by atoms with van der Waals surface area (Å²) in [5.74, 6) is -0.0519. The number of hydrogen-bond donors (Lipinski definition) is 1. The third-order valence-corrected chi connectivity index (χ3v) is 5.76. The molecule has 2 aromatic heterocycles. The largest absolute Gasteiger partial charge is 0.476 e. The van der Waals surface area contributed by atoms with E-state index < -0.39 is 5.97 Å². The number of carbonyl (C=O) groups excluding carboxylic acids is 1. The van der Waals surface area contributed by atoms with E-state index in [9.17, 15) is 14.7 Å². The maximum Gasteiger partial charge on any atom is 0.356 e. The van der Waals surface area contributed by atoms with E-state index in [2.05, 4.69) is 10.00 Å². The molecule has 0 bridgehead atoms. The molecular formula is C20H26N4O4. The fourth-order valence-corrected chi connectivity index (χ4v) is 4.39. The molecule has 28 heavy (non-hydrogen) atoms. The van der Waals surface area contributed by atoms with Crippen LogP contribution in [0.25, 0.3) is 0 Å². The van der Waals surface area contributed by atoms with Crippen LogP contribution in [0.15, 0.2) is 22.8 Å². The molecule has 1 saturated heterocycles. The lowest BCUT2D eigenvalue weighted by Crippen LogP contribution is -2.46. The number of aromatic carboxylic acids is 1. The second-order valence-electron chi connectivity index (χ2n) is 7.56. The first-order valence-electron chi connectivity index (χ1n) is 9.92. The van der Waals surface area contributed by atoms with Crippen molar-refractivity contribution in [1.29, 1.82) is 0 Å². The number of furan rings is 1. The van der Waals surface area contributed by atoms with Crippen molar-refractivity contribution in [2.75, 3.05) is 19.6 Å². The summed E-state index contributed by atoms with van der Waals surface area (Å²) in [6.07, 6.45) is 4.17. The molecule has 0 aromatic carbocycles. The van der Waals surface area contributed by atoms with E-state index in [1.807, 2.05) is 24.0 Å². The van der Waals surface area contributed by atoms with Crippen LogP contribution in [0.2, 0.25) is 0 Å². The minimum absolute atomic E-state index is 0.0558. The molecule has 0 saturated carbocycles. The summed E-state index contributed by atoms with van der Waals surface area (Å²) in [6, 6.07) is 3.83. The molecule has 8 heteroatoms. The number of piperidine rings is 1. The number of carboxylic acids is 1. The van der Waals surface area contributed by atoms with Crippen molar-refractivity contribution in [2.45, 2.75) is 45.8 Å². The van der Waals surface area contributed by atoms with Crippen LogP contribution >= 0.6 is 0 Å². The molecule has 2 aliphatic heterocycles. The first kappa shape index (κ1) is 18.7. The molecule has 4 heterocycles. The van der Waals surface area contributed by atoms with Gasteiger partial charge in [-0.3, -0.25) is 14.4 Å². The van der Waals surface area contributed by atoms with Gasteiger partial charge in [0.05, 0.1) is 18.7 Å². The molecule has 1 amide bonds. The molecule has 1 unspecified atom stereocenters. The standard InChI is InChI=1S/C20H26N4O4/c1-2-24-17-7-9-23(13-16(17)18(21-24)20(26)27)19(25)14-5-3-8-22(11-14)12-15-6-4-10-28-15/h4,6,10,14H,2-3,5,7-9,11-13H2,1H3,(H,26,27). The molecule has 8 nitrogen and oxygen atoms in total. The van der Waals surface area contributed by atoms with Gasteiger partial charge in [-0.05, 0) is 38.4 Å². The predicted octanol–water partition coefficient (Wildman–Crippen LogP) is 1.99. The zero-order valence-corrected chi connectivity index (χ0v) is 16.1. The highest BCUT2D eigenvalue weighted by molar-refractivity contribution is 5.88. The molecule has 150 valence electrons. The Labute approximate surface area is 163 Å². The maximum atomic E-state index is 13.2. The van der Waals surface area contributed by atoms with E-state index in [0.29, 0.717) is 44.7 Å². The normalized spacial score (nSPS) is 20.2. The molecule has 0 radical (unpaired) electrons. The first-order chi connectivity index (χ1) is 13.6. The van der Waals surface area contributed by atoms with Crippen LogP contribution in [0, 0.1) is 5.92 Å². The monoisotopic (exact) mass is 386 g/mol. The molecule has 4 rings (SSSR count). The molecule has 1 atom stereocenters. The summed E-state index contributed by atoms with van der Waals surface area (Å²) < 4.78 is 7.19. The van der Waals surface area contributed by atoms with Crippen molar-refractivity contribution < 1.29 is 19.1 Å². The summed E-state index contributed by atoms with van der Waals surface area (Å²) >= 11 is 0. The van der Waals surface area contributed by atoms with Crippen molar-refractivity contribution in [2.24, 2.45) is 5.92 Å². The van der Waals surface area contributed by atoms with Gasteiger partial charge in [-0.1, -0.05) is 0 Å². The second-order valence-corrected chi connectivity index (χ2v) is 7.56. The average Bonchev–Trinajstić information content (AvgIpc) is 3.34. The Morgan fingerprint density at radius 3 is 2.93 bits per heavy atom. The number of likely N-dealkylation sites (tertiary alicyclic amines) is 1. The average molecular weight is 386 g/mol. The highest BCUT2D eigenvalue weighted by Gasteiger charge is 2.34. The number of fused-ring (bicyclic) bond motifs is 1. The van der Waals surface area contributed by atoms with Gasteiger partial charge in [0.1, 0.15) is 5.76 Å². The Morgan fingerprint density at radius 2 is 2.21 bits per heavy atom. The number of rotatable bonds is 5. The lowest BCUT2D eigenvalue weighted by molar-refractivity contribution is -0.138. The van der Waals surface area contributed by atoms with Gasteiger partial charge >= 0.3 is 5.97 Å². The van der Waals surface area contributed by atoms with Gasteiger partial charge in [0.2, 0.25) is 5.91 Å². The SMILES string of the molecule is CCn1nc(C(=O)O)c2c1CCN(C(=O)C1CCCN(Cc3ccco3)C1)C2. The van der Waals surface area contributed by atoms with Crippen molar-refractivity contribution in [3.63, 3.8) is 0 Å². The summed E-state index contributed by atoms with van der Waals surface area (Å²) in [5.41, 5.74) is 1.72. The van der Waals surface area contributed by atoms with Gasteiger partial charge in [0.15, 0.2) is 5.69 Å². The summed E-state index contributed by atoms with van der Waals surface area (Å²) in [4.78, 5) is 28.8. The van der Waals surface area contributed by atoms with Crippen molar-refractivity contribution >= 4 is 11.9 Å². The molecule has 2 aromatic rings. The number of amides is 1. The topological polar surface area (TPSA) is 91.8 Å². The van der Waals surface area contributed by atoms with E-state index in [-0.39, 0.29) is 17.5 Å². The number of aromatic nitrogens is 2. The zero-order valence-electron chi connectivity index (χ0n) is 16.1. The predicted molar refractivity (Wildman–Crippen MR) is 101 cm³/mol. The molecule has 0 aliphatic carbocycles. The van der Waals surface area contributed by atoms with Crippen molar-refractivity contribution in [3.8, 4) is 0 Å². The van der Waals surface area contributed by atoms with Gasteiger partial charge in [-0.25, -0.2) is 4.79 Å². The van der Waals surface area contributed by atoms with Crippen molar-refractivity contribution in [3.05, 3.63) is 41.1 Å². The van der Waals surface area contributed by atoms with E-state index in [1.54, 1.807) is 10.9 Å². The quantitative estimate of drug-likeness (QED) is 0.845. The third-order valence-electron chi connectivity index (χ3n) is 5.76. The number of hydrogen-bond acceptors (Lipinski definition) is 5. The Hall–Kier alpha value is -2.61. The lowest BCUT2D eigenvalue weighted by Gasteiger charge is -2.36. The zero-order chi connectivity index (χ0) is 19.7. The van der Waals surface area contributed by atoms with Crippen LogP contribution in [-0.2, 0) is 30.8 Å². The molecule has 1 fully saturated rings.